The molecule has 0 aliphatic carbocycles. The molecule has 0 aliphatic rings. The predicted molar refractivity (Wildman–Crippen MR) is 49.6 cm³/mol. The predicted octanol–water partition coefficient (Wildman–Crippen LogP) is 1.11. The smallest absolute Gasteiger partial charge is 0.0825 e. The second-order valence-electron chi connectivity index (χ2n) is 2.76. The molecule has 3 nitrogen and oxygen atoms in total. The van der Waals surface area contributed by atoms with Crippen molar-refractivity contribution in [2.45, 2.75) is 26.8 Å². The summed E-state index contributed by atoms with van der Waals surface area (Å²) in [5.74, 6) is 2.57. The van der Waals surface area contributed by atoms with Gasteiger partial charge in [-0.25, -0.2) is 0 Å². The first-order chi connectivity index (χ1) is 5.66. The van der Waals surface area contributed by atoms with Crippen molar-refractivity contribution in [1.29, 1.82) is 0 Å². The van der Waals surface area contributed by atoms with Crippen LogP contribution >= 0.6 is 0 Å². The number of nitrogens with zero attached hydrogens (tertiary/aromatic N) is 2. The Kier molecular flexibility index (Phi) is 2.39. The van der Waals surface area contributed by atoms with Gasteiger partial charge in [0.2, 0.25) is 0 Å². The first-order valence-corrected chi connectivity index (χ1v) is 3.89. The maximum atomic E-state index is 5.74. The first kappa shape index (κ1) is 8.66. The number of aromatic nitrogens is 2. The Balaban J connectivity index is 2.87. The average molecular weight is 163 g/mol. The number of anilines is 1. The maximum Gasteiger partial charge on any atom is 0.0825 e. The van der Waals surface area contributed by atoms with Crippen LogP contribution in [0.3, 0.4) is 0 Å². The van der Waals surface area contributed by atoms with E-state index in [-0.39, 0.29) is 0 Å². The van der Waals surface area contributed by atoms with Crippen LogP contribution in [0.4, 0.5) is 5.69 Å². The molecule has 0 radical (unpaired) electrons. The highest BCUT2D eigenvalue weighted by Crippen LogP contribution is 2.14. The monoisotopic (exact) mass is 163 g/mol. The highest BCUT2D eigenvalue weighted by atomic mass is 15.3. The summed E-state index contributed by atoms with van der Waals surface area (Å²) >= 11 is 0. The van der Waals surface area contributed by atoms with Gasteiger partial charge in [-0.1, -0.05) is 0 Å². The Morgan fingerprint density at radius 3 is 2.67 bits per heavy atom. The summed E-state index contributed by atoms with van der Waals surface area (Å²) in [6.07, 6.45) is 5.84. The molecule has 0 amide bonds. The van der Waals surface area contributed by atoms with E-state index < -0.39 is 0 Å². The lowest BCUT2D eigenvalue weighted by Gasteiger charge is -1.99. The van der Waals surface area contributed by atoms with Crippen LogP contribution in [-0.4, -0.2) is 9.78 Å². The molecule has 1 rings (SSSR count). The number of hydrogen-bond donors (Lipinski definition) is 1. The molecule has 2 N–H and O–H groups in total. The molecule has 1 heterocycles. The zero-order valence-corrected chi connectivity index (χ0v) is 7.46. The van der Waals surface area contributed by atoms with E-state index in [2.05, 4.69) is 11.0 Å². The molecule has 1 aromatic rings. The molecule has 0 aliphatic heterocycles. The number of nitrogens with two attached hydrogens (primary N) is 1. The number of nitrogen functional groups attached to an aromatic ring is 1. The third-order valence-electron chi connectivity index (χ3n) is 1.91. The van der Waals surface area contributed by atoms with Crippen LogP contribution in [0.2, 0.25) is 0 Å². The lowest BCUT2D eigenvalue weighted by Crippen LogP contribution is -2.02. The molecule has 0 atom stereocenters. The average Bonchev–Trinajstić information content (AvgIpc) is 2.30. The number of hydrogen-bond acceptors (Lipinski definition) is 2. The molecule has 0 saturated heterocycles. The molecular formula is C9H13N3. The summed E-state index contributed by atoms with van der Waals surface area (Å²) in [7, 11) is 0. The van der Waals surface area contributed by atoms with Gasteiger partial charge in [-0.15, -0.1) is 12.3 Å². The van der Waals surface area contributed by atoms with Crippen molar-refractivity contribution in [1.82, 2.24) is 9.78 Å². The summed E-state index contributed by atoms with van der Waals surface area (Å²) in [4.78, 5) is 0. The zero-order valence-electron chi connectivity index (χ0n) is 7.46. The Hall–Kier alpha value is -1.43. The second-order valence-corrected chi connectivity index (χ2v) is 2.76. The highest BCUT2D eigenvalue weighted by molar-refractivity contribution is 5.46. The van der Waals surface area contributed by atoms with Crippen molar-refractivity contribution in [3.63, 3.8) is 0 Å². The van der Waals surface area contributed by atoms with Gasteiger partial charge in [-0.3, -0.25) is 4.68 Å². The summed E-state index contributed by atoms with van der Waals surface area (Å²) < 4.78 is 1.85. The van der Waals surface area contributed by atoms with E-state index in [0.717, 1.165) is 23.6 Å². The Bertz CT molecular complexity index is 317. The minimum atomic E-state index is 0.696. The van der Waals surface area contributed by atoms with Crippen molar-refractivity contribution in [3.05, 3.63) is 11.4 Å². The van der Waals surface area contributed by atoms with Gasteiger partial charge in [0.05, 0.1) is 23.6 Å². The van der Waals surface area contributed by atoms with Crippen LogP contribution in [0.15, 0.2) is 0 Å². The molecule has 0 spiro atoms. The Labute approximate surface area is 72.6 Å². The summed E-state index contributed by atoms with van der Waals surface area (Å²) in [5.41, 5.74) is 8.39. The molecule has 0 fully saturated rings. The first-order valence-electron chi connectivity index (χ1n) is 3.89. The normalized spacial score (nSPS) is 9.75. The topological polar surface area (TPSA) is 43.8 Å². The van der Waals surface area contributed by atoms with Gasteiger partial charge < -0.3 is 5.73 Å². The van der Waals surface area contributed by atoms with Crippen molar-refractivity contribution in [2.24, 2.45) is 0 Å². The van der Waals surface area contributed by atoms with E-state index in [1.807, 2.05) is 18.5 Å². The Morgan fingerprint density at radius 2 is 2.25 bits per heavy atom. The van der Waals surface area contributed by atoms with Crippen LogP contribution in [0, 0.1) is 26.2 Å². The number of terminal acetylenes is 1. The minimum Gasteiger partial charge on any atom is -0.396 e. The molecule has 1 aromatic heterocycles. The van der Waals surface area contributed by atoms with E-state index in [9.17, 15) is 0 Å². The molecule has 0 saturated carbocycles. The minimum absolute atomic E-state index is 0.696. The fourth-order valence-electron chi connectivity index (χ4n) is 1.10. The van der Waals surface area contributed by atoms with Gasteiger partial charge in [-0.05, 0) is 13.8 Å². The lowest BCUT2D eigenvalue weighted by atomic mass is 10.3. The lowest BCUT2D eigenvalue weighted by molar-refractivity contribution is 0.608. The molecule has 0 unspecified atom stereocenters. The summed E-state index contributed by atoms with van der Waals surface area (Å²) in [6, 6.07) is 0. The maximum absolute atomic E-state index is 5.74. The third-order valence-corrected chi connectivity index (χ3v) is 1.91. The van der Waals surface area contributed by atoms with Gasteiger partial charge in [0.15, 0.2) is 0 Å². The van der Waals surface area contributed by atoms with Gasteiger partial charge in [0.1, 0.15) is 0 Å². The Morgan fingerprint density at radius 1 is 1.58 bits per heavy atom. The van der Waals surface area contributed by atoms with Crippen LogP contribution in [-0.2, 0) is 6.54 Å². The van der Waals surface area contributed by atoms with Gasteiger partial charge >= 0.3 is 0 Å². The van der Waals surface area contributed by atoms with Crippen LogP contribution in [0.1, 0.15) is 17.8 Å². The highest BCUT2D eigenvalue weighted by Gasteiger charge is 2.06. The number of rotatable bonds is 2. The standard InChI is InChI=1S/C9H13N3/c1-4-5-6-12-8(3)9(10)7(2)11-12/h1H,5-6,10H2,2-3H3. The molecule has 3 heteroatoms. The zero-order chi connectivity index (χ0) is 9.14. The van der Waals surface area contributed by atoms with Crippen molar-refractivity contribution in [3.8, 4) is 12.3 Å². The molecule has 0 bridgehead atoms. The van der Waals surface area contributed by atoms with Crippen molar-refractivity contribution < 1.29 is 0 Å². The van der Waals surface area contributed by atoms with Crippen LogP contribution in [0.5, 0.6) is 0 Å². The van der Waals surface area contributed by atoms with Crippen molar-refractivity contribution in [2.75, 3.05) is 5.73 Å². The molecular weight excluding hydrogens is 150 g/mol. The van der Waals surface area contributed by atoms with Crippen LogP contribution < -0.4 is 5.73 Å². The van der Waals surface area contributed by atoms with E-state index >= 15 is 0 Å². The molecule has 12 heavy (non-hydrogen) atoms. The van der Waals surface area contributed by atoms with Gasteiger partial charge in [0.25, 0.3) is 0 Å². The van der Waals surface area contributed by atoms with E-state index in [1.54, 1.807) is 0 Å². The molecule has 64 valence electrons. The van der Waals surface area contributed by atoms with Gasteiger partial charge in [-0.2, -0.15) is 5.10 Å². The summed E-state index contributed by atoms with van der Waals surface area (Å²) in [6.45, 7) is 4.60. The second kappa shape index (κ2) is 3.31. The van der Waals surface area contributed by atoms with Gasteiger partial charge in [0, 0.05) is 6.42 Å². The van der Waals surface area contributed by atoms with Crippen molar-refractivity contribution >= 4 is 5.69 Å². The van der Waals surface area contributed by atoms with E-state index in [1.165, 1.54) is 0 Å². The fourth-order valence-corrected chi connectivity index (χ4v) is 1.10. The SMILES string of the molecule is C#CCCn1nc(C)c(N)c1C. The quantitative estimate of drug-likeness (QED) is 0.663. The third kappa shape index (κ3) is 1.42. The fraction of sp³-hybridized carbons (Fsp3) is 0.444. The molecule has 0 aromatic carbocycles. The van der Waals surface area contributed by atoms with Crippen LogP contribution in [0.25, 0.3) is 0 Å². The van der Waals surface area contributed by atoms with E-state index in [4.69, 9.17) is 12.2 Å². The van der Waals surface area contributed by atoms with E-state index in [0.29, 0.717) is 6.42 Å². The largest absolute Gasteiger partial charge is 0.396 e. The number of aryl methyl sites for hydroxylation is 2. The summed E-state index contributed by atoms with van der Waals surface area (Å²) in [5, 5.41) is 4.24.